The van der Waals surface area contributed by atoms with Crippen molar-refractivity contribution in [3.63, 3.8) is 0 Å². The van der Waals surface area contributed by atoms with Gasteiger partial charge in [-0.25, -0.2) is 14.4 Å². The van der Waals surface area contributed by atoms with Crippen LogP contribution in [0.2, 0.25) is 0 Å². The average Bonchev–Trinajstić information content (AvgIpc) is 2.42. The Labute approximate surface area is 117 Å². The summed E-state index contributed by atoms with van der Waals surface area (Å²) in [7, 11) is 0. The van der Waals surface area contributed by atoms with Crippen LogP contribution in [0.15, 0.2) is 53.3 Å². The van der Waals surface area contributed by atoms with E-state index in [0.717, 1.165) is 10.9 Å². The van der Waals surface area contributed by atoms with Crippen molar-refractivity contribution in [3.8, 4) is 0 Å². The lowest BCUT2D eigenvalue weighted by Crippen LogP contribution is -1.98. The molecule has 0 unspecified atom stereocenters. The molecule has 0 aliphatic carbocycles. The summed E-state index contributed by atoms with van der Waals surface area (Å²) in [5.74, 6) is 0.254. The van der Waals surface area contributed by atoms with Gasteiger partial charge in [0.25, 0.3) is 0 Å². The van der Waals surface area contributed by atoms with Crippen molar-refractivity contribution in [2.24, 2.45) is 0 Å². The van der Waals surface area contributed by atoms with Gasteiger partial charge in [0.05, 0.1) is 11.2 Å². The van der Waals surface area contributed by atoms with E-state index in [0.29, 0.717) is 16.0 Å². The Bertz CT molecular complexity index is 740. The van der Waals surface area contributed by atoms with Crippen molar-refractivity contribution >= 4 is 38.3 Å². The Morgan fingerprint density at radius 1 is 1.05 bits per heavy atom. The number of halogens is 2. The van der Waals surface area contributed by atoms with Crippen LogP contribution in [0.25, 0.3) is 10.9 Å². The van der Waals surface area contributed by atoms with Gasteiger partial charge < -0.3 is 5.32 Å². The standard InChI is InChI=1S/C14H9BrFN3/c15-9-5-6-13(11(16)7-9)19-14-10-3-1-2-4-12(10)17-8-18-14/h1-8H,(H,17,18,19). The third-order valence-corrected chi connectivity index (χ3v) is 3.22. The lowest BCUT2D eigenvalue weighted by atomic mass is 10.2. The number of rotatable bonds is 2. The molecule has 19 heavy (non-hydrogen) atoms. The minimum Gasteiger partial charge on any atom is -0.337 e. The van der Waals surface area contributed by atoms with E-state index >= 15 is 0 Å². The van der Waals surface area contributed by atoms with Crippen LogP contribution in [-0.4, -0.2) is 9.97 Å². The summed E-state index contributed by atoms with van der Waals surface area (Å²) < 4.78 is 14.5. The van der Waals surface area contributed by atoms with Gasteiger partial charge in [-0.05, 0) is 30.3 Å². The summed E-state index contributed by atoms with van der Waals surface area (Å²) in [5, 5.41) is 3.85. The van der Waals surface area contributed by atoms with Crippen molar-refractivity contribution in [1.82, 2.24) is 9.97 Å². The SMILES string of the molecule is Fc1cc(Br)ccc1Nc1ncnc2ccccc12. The van der Waals surface area contributed by atoms with Gasteiger partial charge >= 0.3 is 0 Å². The summed E-state index contributed by atoms with van der Waals surface area (Å²) in [4.78, 5) is 8.33. The monoisotopic (exact) mass is 317 g/mol. The van der Waals surface area contributed by atoms with Gasteiger partial charge in [0.2, 0.25) is 0 Å². The van der Waals surface area contributed by atoms with Crippen LogP contribution < -0.4 is 5.32 Å². The summed E-state index contributed by atoms with van der Waals surface area (Å²) in [6.07, 6.45) is 1.46. The van der Waals surface area contributed by atoms with Gasteiger partial charge in [-0.1, -0.05) is 28.1 Å². The van der Waals surface area contributed by atoms with E-state index in [9.17, 15) is 4.39 Å². The van der Waals surface area contributed by atoms with Gasteiger partial charge in [0, 0.05) is 9.86 Å². The molecule has 3 nitrogen and oxygen atoms in total. The number of nitrogens with zero attached hydrogens (tertiary/aromatic N) is 2. The number of aromatic nitrogens is 2. The Morgan fingerprint density at radius 2 is 1.89 bits per heavy atom. The molecule has 0 atom stereocenters. The summed E-state index contributed by atoms with van der Waals surface area (Å²) in [6.45, 7) is 0. The second-order valence-corrected chi connectivity index (χ2v) is 4.90. The highest BCUT2D eigenvalue weighted by Crippen LogP contribution is 2.25. The number of fused-ring (bicyclic) bond motifs is 1. The lowest BCUT2D eigenvalue weighted by Gasteiger charge is -2.09. The van der Waals surface area contributed by atoms with E-state index in [4.69, 9.17) is 0 Å². The zero-order valence-electron chi connectivity index (χ0n) is 9.77. The quantitative estimate of drug-likeness (QED) is 0.766. The highest BCUT2D eigenvalue weighted by Gasteiger charge is 2.07. The predicted molar refractivity (Wildman–Crippen MR) is 76.9 cm³/mol. The molecular weight excluding hydrogens is 309 g/mol. The summed E-state index contributed by atoms with van der Waals surface area (Å²) in [5.41, 5.74) is 1.20. The third-order valence-electron chi connectivity index (χ3n) is 2.73. The van der Waals surface area contributed by atoms with E-state index in [2.05, 4.69) is 31.2 Å². The largest absolute Gasteiger partial charge is 0.337 e. The number of anilines is 2. The predicted octanol–water partition coefficient (Wildman–Crippen LogP) is 4.28. The number of benzene rings is 2. The van der Waals surface area contributed by atoms with E-state index < -0.39 is 0 Å². The van der Waals surface area contributed by atoms with Crippen LogP contribution in [0.3, 0.4) is 0 Å². The molecule has 0 bridgehead atoms. The highest BCUT2D eigenvalue weighted by atomic mass is 79.9. The molecule has 1 heterocycles. The first-order valence-corrected chi connectivity index (χ1v) is 6.45. The molecule has 5 heteroatoms. The van der Waals surface area contributed by atoms with E-state index in [1.807, 2.05) is 24.3 Å². The van der Waals surface area contributed by atoms with Crippen LogP contribution in [0, 0.1) is 5.82 Å². The fourth-order valence-electron chi connectivity index (χ4n) is 1.82. The molecular formula is C14H9BrFN3. The molecule has 3 rings (SSSR count). The van der Waals surface area contributed by atoms with Crippen molar-refractivity contribution in [2.75, 3.05) is 5.32 Å². The molecule has 0 spiro atoms. The molecule has 0 amide bonds. The second kappa shape index (κ2) is 4.93. The Kier molecular flexibility index (Phi) is 3.13. The Balaban J connectivity index is 2.06. The first kappa shape index (κ1) is 12.0. The fraction of sp³-hybridized carbons (Fsp3) is 0. The molecule has 1 aromatic heterocycles. The molecule has 0 radical (unpaired) electrons. The number of nitrogens with one attached hydrogen (secondary N) is 1. The van der Waals surface area contributed by atoms with Crippen molar-refractivity contribution in [2.45, 2.75) is 0 Å². The number of hydrogen-bond donors (Lipinski definition) is 1. The topological polar surface area (TPSA) is 37.8 Å². The van der Waals surface area contributed by atoms with Crippen molar-refractivity contribution < 1.29 is 4.39 Å². The van der Waals surface area contributed by atoms with Gasteiger partial charge in [-0.3, -0.25) is 0 Å². The molecule has 0 aliphatic rings. The summed E-state index contributed by atoms with van der Waals surface area (Å²) >= 11 is 3.23. The van der Waals surface area contributed by atoms with Crippen molar-refractivity contribution in [3.05, 3.63) is 59.1 Å². The van der Waals surface area contributed by atoms with Gasteiger partial charge in [0.15, 0.2) is 0 Å². The maximum absolute atomic E-state index is 13.8. The molecule has 94 valence electrons. The molecule has 0 saturated carbocycles. The molecule has 3 aromatic rings. The molecule has 2 aromatic carbocycles. The van der Waals surface area contributed by atoms with Gasteiger partial charge in [0.1, 0.15) is 18.0 Å². The number of hydrogen-bond acceptors (Lipinski definition) is 3. The van der Waals surface area contributed by atoms with Crippen LogP contribution in [0.5, 0.6) is 0 Å². The smallest absolute Gasteiger partial charge is 0.147 e. The molecule has 1 N–H and O–H groups in total. The number of para-hydroxylation sites is 1. The Morgan fingerprint density at radius 3 is 2.74 bits per heavy atom. The first-order valence-electron chi connectivity index (χ1n) is 5.66. The van der Waals surface area contributed by atoms with E-state index in [1.54, 1.807) is 12.1 Å². The zero-order chi connectivity index (χ0) is 13.2. The molecule has 0 aliphatic heterocycles. The van der Waals surface area contributed by atoms with Gasteiger partial charge in [-0.15, -0.1) is 0 Å². The zero-order valence-corrected chi connectivity index (χ0v) is 11.4. The van der Waals surface area contributed by atoms with Gasteiger partial charge in [-0.2, -0.15) is 0 Å². The Hall–Kier alpha value is -2.01. The maximum atomic E-state index is 13.8. The highest BCUT2D eigenvalue weighted by molar-refractivity contribution is 9.10. The first-order chi connectivity index (χ1) is 9.24. The fourth-order valence-corrected chi connectivity index (χ4v) is 2.16. The molecule has 0 fully saturated rings. The van der Waals surface area contributed by atoms with Crippen LogP contribution in [0.1, 0.15) is 0 Å². The third kappa shape index (κ3) is 2.42. The van der Waals surface area contributed by atoms with E-state index in [1.165, 1.54) is 12.4 Å². The van der Waals surface area contributed by atoms with Crippen molar-refractivity contribution in [1.29, 1.82) is 0 Å². The lowest BCUT2D eigenvalue weighted by molar-refractivity contribution is 0.631. The second-order valence-electron chi connectivity index (χ2n) is 3.99. The van der Waals surface area contributed by atoms with Crippen LogP contribution >= 0.6 is 15.9 Å². The minimum absolute atomic E-state index is 0.336. The van der Waals surface area contributed by atoms with Crippen LogP contribution in [-0.2, 0) is 0 Å². The maximum Gasteiger partial charge on any atom is 0.147 e. The average molecular weight is 318 g/mol. The van der Waals surface area contributed by atoms with E-state index in [-0.39, 0.29) is 5.82 Å². The molecule has 0 saturated heterocycles. The minimum atomic E-state index is -0.336. The van der Waals surface area contributed by atoms with Crippen LogP contribution in [0.4, 0.5) is 15.9 Å². The summed E-state index contributed by atoms with van der Waals surface area (Å²) in [6, 6.07) is 12.4. The normalized spacial score (nSPS) is 10.6.